The van der Waals surface area contributed by atoms with E-state index in [1.165, 1.54) is 5.56 Å². The summed E-state index contributed by atoms with van der Waals surface area (Å²) < 4.78 is 5.73. The molecule has 1 fully saturated rings. The van der Waals surface area contributed by atoms with Crippen LogP contribution in [0.5, 0.6) is 0 Å². The quantitative estimate of drug-likeness (QED) is 0.840. The summed E-state index contributed by atoms with van der Waals surface area (Å²) in [6.07, 6.45) is 1.46. The van der Waals surface area contributed by atoms with Crippen LogP contribution in [0.25, 0.3) is 0 Å². The van der Waals surface area contributed by atoms with Crippen LogP contribution in [0.1, 0.15) is 26.3 Å². The number of morpholine rings is 1. The third-order valence-electron chi connectivity index (χ3n) is 3.35. The molecule has 0 saturated carbocycles. The van der Waals surface area contributed by atoms with Gasteiger partial charge in [-0.3, -0.25) is 0 Å². The Bertz CT molecular complexity index is 440. The molecule has 2 rings (SSSR count). The third kappa shape index (κ3) is 3.67. The molecule has 0 aliphatic carbocycles. The van der Waals surface area contributed by atoms with Crippen LogP contribution in [-0.2, 0) is 11.2 Å². The van der Waals surface area contributed by atoms with Gasteiger partial charge < -0.3 is 15.0 Å². The smallest absolute Gasteiger partial charge is 0.173 e. The SMILES string of the molecule is CCc1ccccc1NC(=S)N1CC(C)OC(C)C1. The van der Waals surface area contributed by atoms with Crippen LogP contribution in [-0.4, -0.2) is 35.3 Å². The maximum absolute atomic E-state index is 5.73. The predicted octanol–water partition coefficient (Wildman–Crippen LogP) is 3.06. The summed E-state index contributed by atoms with van der Waals surface area (Å²) in [5.74, 6) is 0. The highest BCUT2D eigenvalue weighted by Crippen LogP contribution is 2.18. The number of thiocarbonyl (C=S) groups is 1. The van der Waals surface area contributed by atoms with Crippen LogP contribution in [0.15, 0.2) is 24.3 Å². The highest BCUT2D eigenvalue weighted by molar-refractivity contribution is 7.80. The highest BCUT2D eigenvalue weighted by Gasteiger charge is 2.24. The molecular weight excluding hydrogens is 256 g/mol. The molecule has 1 aliphatic heterocycles. The van der Waals surface area contributed by atoms with Crippen molar-refractivity contribution in [2.75, 3.05) is 18.4 Å². The second-order valence-corrected chi connectivity index (χ2v) is 5.49. The maximum atomic E-state index is 5.73. The van der Waals surface area contributed by atoms with Crippen LogP contribution >= 0.6 is 12.2 Å². The summed E-state index contributed by atoms with van der Waals surface area (Å²) in [4.78, 5) is 2.20. The molecule has 19 heavy (non-hydrogen) atoms. The average molecular weight is 278 g/mol. The molecule has 0 bridgehead atoms. The molecule has 0 spiro atoms. The molecule has 1 aliphatic rings. The maximum Gasteiger partial charge on any atom is 0.173 e. The molecule has 1 N–H and O–H groups in total. The highest BCUT2D eigenvalue weighted by atomic mass is 32.1. The third-order valence-corrected chi connectivity index (χ3v) is 3.71. The molecule has 1 aromatic carbocycles. The zero-order valence-electron chi connectivity index (χ0n) is 11.8. The van der Waals surface area contributed by atoms with Crippen LogP contribution in [0.3, 0.4) is 0 Å². The number of para-hydroxylation sites is 1. The second-order valence-electron chi connectivity index (χ2n) is 5.10. The number of benzene rings is 1. The van der Waals surface area contributed by atoms with Crippen molar-refractivity contribution in [1.82, 2.24) is 4.90 Å². The normalized spacial score (nSPS) is 23.2. The summed E-state index contributed by atoms with van der Waals surface area (Å²) >= 11 is 5.53. The van der Waals surface area contributed by atoms with Gasteiger partial charge in [0.2, 0.25) is 0 Å². The predicted molar refractivity (Wildman–Crippen MR) is 83.6 cm³/mol. The van der Waals surface area contributed by atoms with Gasteiger partial charge in [-0.15, -0.1) is 0 Å². The fraction of sp³-hybridized carbons (Fsp3) is 0.533. The van der Waals surface area contributed by atoms with Crippen LogP contribution in [0.4, 0.5) is 5.69 Å². The van der Waals surface area contributed by atoms with Gasteiger partial charge in [0.25, 0.3) is 0 Å². The van der Waals surface area contributed by atoms with Crippen molar-refractivity contribution in [3.8, 4) is 0 Å². The van der Waals surface area contributed by atoms with E-state index in [9.17, 15) is 0 Å². The first-order valence-corrected chi connectivity index (χ1v) is 7.30. The van der Waals surface area contributed by atoms with Crippen molar-refractivity contribution in [2.45, 2.75) is 39.4 Å². The fourth-order valence-corrected chi connectivity index (χ4v) is 2.75. The standard InChI is InChI=1S/C15H22N2OS/c1-4-13-7-5-6-8-14(13)16-15(19)17-9-11(2)18-12(3)10-17/h5-8,11-12H,4,9-10H2,1-3H3,(H,16,19). The number of nitrogens with zero attached hydrogens (tertiary/aromatic N) is 1. The minimum absolute atomic E-state index is 0.227. The Morgan fingerprint density at radius 2 is 1.95 bits per heavy atom. The summed E-state index contributed by atoms with van der Waals surface area (Å²) in [6, 6.07) is 8.31. The molecule has 104 valence electrons. The van der Waals surface area contributed by atoms with Crippen LogP contribution in [0.2, 0.25) is 0 Å². The van der Waals surface area contributed by atoms with E-state index in [4.69, 9.17) is 17.0 Å². The van der Waals surface area contributed by atoms with Crippen molar-refractivity contribution in [1.29, 1.82) is 0 Å². The number of nitrogens with one attached hydrogen (secondary N) is 1. The number of ether oxygens (including phenoxy) is 1. The molecule has 4 heteroatoms. The van der Waals surface area contributed by atoms with E-state index in [-0.39, 0.29) is 12.2 Å². The summed E-state index contributed by atoms with van der Waals surface area (Å²) in [6.45, 7) is 8.04. The molecule has 3 nitrogen and oxygen atoms in total. The Morgan fingerprint density at radius 1 is 1.32 bits per heavy atom. The van der Waals surface area contributed by atoms with E-state index in [1.54, 1.807) is 0 Å². The topological polar surface area (TPSA) is 24.5 Å². The Labute approximate surface area is 120 Å². The lowest BCUT2D eigenvalue weighted by Gasteiger charge is -2.37. The van der Waals surface area contributed by atoms with E-state index in [0.29, 0.717) is 0 Å². The van der Waals surface area contributed by atoms with E-state index >= 15 is 0 Å². The van der Waals surface area contributed by atoms with Crippen molar-refractivity contribution in [2.24, 2.45) is 0 Å². The van der Waals surface area contributed by atoms with Gasteiger partial charge >= 0.3 is 0 Å². The summed E-state index contributed by atoms with van der Waals surface area (Å²) in [7, 11) is 0. The van der Waals surface area contributed by atoms with Gasteiger partial charge in [0.05, 0.1) is 12.2 Å². The van der Waals surface area contributed by atoms with Gasteiger partial charge in [0.1, 0.15) is 0 Å². The summed E-state index contributed by atoms with van der Waals surface area (Å²) in [5, 5.41) is 4.17. The first kappa shape index (κ1) is 14.3. The zero-order valence-corrected chi connectivity index (χ0v) is 12.7. The minimum Gasteiger partial charge on any atom is -0.372 e. The molecule has 0 radical (unpaired) electrons. The van der Waals surface area contributed by atoms with Crippen molar-refractivity contribution >= 4 is 23.0 Å². The molecule has 1 saturated heterocycles. The van der Waals surface area contributed by atoms with E-state index < -0.39 is 0 Å². The molecule has 1 heterocycles. The van der Waals surface area contributed by atoms with Gasteiger partial charge in [-0.1, -0.05) is 25.1 Å². The zero-order chi connectivity index (χ0) is 13.8. The van der Waals surface area contributed by atoms with Crippen LogP contribution in [0, 0.1) is 0 Å². The number of aryl methyl sites for hydroxylation is 1. The number of anilines is 1. The Morgan fingerprint density at radius 3 is 2.58 bits per heavy atom. The lowest BCUT2D eigenvalue weighted by atomic mass is 10.1. The number of hydrogen-bond acceptors (Lipinski definition) is 2. The Hall–Kier alpha value is -1.13. The number of hydrogen-bond donors (Lipinski definition) is 1. The lowest BCUT2D eigenvalue weighted by molar-refractivity contribution is -0.0473. The van der Waals surface area contributed by atoms with Gasteiger partial charge in [-0.2, -0.15) is 0 Å². The first-order valence-electron chi connectivity index (χ1n) is 6.89. The molecule has 0 aromatic heterocycles. The second kappa shape index (κ2) is 6.35. The molecule has 2 atom stereocenters. The lowest BCUT2D eigenvalue weighted by Crippen LogP contribution is -2.49. The van der Waals surface area contributed by atoms with E-state index in [2.05, 4.69) is 49.2 Å². The Balaban J connectivity index is 2.04. The first-order chi connectivity index (χ1) is 9.10. The van der Waals surface area contributed by atoms with E-state index in [0.717, 1.165) is 30.3 Å². The van der Waals surface area contributed by atoms with Gasteiger partial charge in [0, 0.05) is 18.8 Å². The van der Waals surface area contributed by atoms with Crippen molar-refractivity contribution in [3.63, 3.8) is 0 Å². The van der Waals surface area contributed by atoms with Crippen molar-refractivity contribution < 1.29 is 4.74 Å². The van der Waals surface area contributed by atoms with Crippen molar-refractivity contribution in [3.05, 3.63) is 29.8 Å². The van der Waals surface area contributed by atoms with Gasteiger partial charge in [-0.05, 0) is 44.1 Å². The largest absolute Gasteiger partial charge is 0.372 e. The van der Waals surface area contributed by atoms with E-state index in [1.807, 2.05) is 6.07 Å². The average Bonchev–Trinajstić information content (AvgIpc) is 2.38. The molecule has 2 unspecified atom stereocenters. The number of rotatable bonds is 2. The molecule has 0 amide bonds. The monoisotopic (exact) mass is 278 g/mol. The molecular formula is C15H22N2OS. The minimum atomic E-state index is 0.227. The van der Waals surface area contributed by atoms with Gasteiger partial charge in [0.15, 0.2) is 5.11 Å². The summed E-state index contributed by atoms with van der Waals surface area (Å²) in [5.41, 5.74) is 2.40. The molecule has 1 aromatic rings. The fourth-order valence-electron chi connectivity index (χ4n) is 2.49. The Kier molecular flexibility index (Phi) is 4.77. The van der Waals surface area contributed by atoms with Gasteiger partial charge in [-0.25, -0.2) is 0 Å². The van der Waals surface area contributed by atoms with Crippen LogP contribution < -0.4 is 5.32 Å².